The molecule has 0 fully saturated rings. The van der Waals surface area contributed by atoms with Crippen molar-refractivity contribution in [2.45, 2.75) is 39.7 Å². The van der Waals surface area contributed by atoms with Crippen molar-refractivity contribution in [2.75, 3.05) is 13.1 Å². The van der Waals surface area contributed by atoms with Gasteiger partial charge >= 0.3 is 5.97 Å². The number of nitrogens with zero attached hydrogens (tertiary/aromatic N) is 1. The highest BCUT2D eigenvalue weighted by molar-refractivity contribution is 5.76. The molecule has 0 bridgehead atoms. The molecule has 0 spiro atoms. The zero-order valence-corrected chi connectivity index (χ0v) is 12.0. The molecule has 1 aliphatic rings. The number of carboxylic acid groups (broad SMARTS) is 1. The molecule has 0 aliphatic carbocycles. The van der Waals surface area contributed by atoms with E-state index in [9.17, 15) is 9.90 Å². The Morgan fingerprint density at radius 3 is 2.68 bits per heavy atom. The standard InChI is InChI=1S/C16H23NO2/c1-16(2,3)9-11-17-10-8-12-6-4-5-7-13(12)14(17)15(18)19/h4-7,14H,8-11H2,1-3H3,(H,18,19). The molecule has 1 atom stereocenters. The van der Waals surface area contributed by atoms with Gasteiger partial charge < -0.3 is 5.11 Å². The topological polar surface area (TPSA) is 40.5 Å². The summed E-state index contributed by atoms with van der Waals surface area (Å²) in [5.74, 6) is -0.735. The van der Waals surface area contributed by atoms with Crippen molar-refractivity contribution in [1.82, 2.24) is 4.90 Å². The fourth-order valence-corrected chi connectivity index (χ4v) is 2.63. The summed E-state index contributed by atoms with van der Waals surface area (Å²) in [5, 5.41) is 9.54. The Hall–Kier alpha value is -1.35. The quantitative estimate of drug-likeness (QED) is 0.909. The van der Waals surface area contributed by atoms with Crippen LogP contribution < -0.4 is 0 Å². The monoisotopic (exact) mass is 261 g/mol. The van der Waals surface area contributed by atoms with Gasteiger partial charge in [0.15, 0.2) is 0 Å². The summed E-state index contributed by atoms with van der Waals surface area (Å²) in [6.45, 7) is 8.26. The molecule has 19 heavy (non-hydrogen) atoms. The lowest BCUT2D eigenvalue weighted by atomic mass is 9.89. The molecule has 104 valence electrons. The van der Waals surface area contributed by atoms with E-state index in [2.05, 4.69) is 25.7 Å². The van der Waals surface area contributed by atoms with Gasteiger partial charge in [0.05, 0.1) is 0 Å². The second kappa shape index (κ2) is 5.33. The molecule has 1 heterocycles. The fourth-order valence-electron chi connectivity index (χ4n) is 2.63. The van der Waals surface area contributed by atoms with Crippen LogP contribution in [0.5, 0.6) is 0 Å². The molecular formula is C16H23NO2. The summed E-state index contributed by atoms with van der Waals surface area (Å²) in [6, 6.07) is 7.45. The summed E-state index contributed by atoms with van der Waals surface area (Å²) in [6.07, 6.45) is 1.96. The van der Waals surface area contributed by atoms with Crippen molar-refractivity contribution >= 4 is 5.97 Å². The van der Waals surface area contributed by atoms with Gasteiger partial charge in [0.25, 0.3) is 0 Å². The molecule has 1 aliphatic heterocycles. The van der Waals surface area contributed by atoms with E-state index in [0.717, 1.165) is 31.5 Å². The molecule has 1 N–H and O–H groups in total. The third kappa shape index (κ3) is 3.35. The first-order valence-electron chi connectivity index (χ1n) is 6.93. The number of aliphatic carboxylic acids is 1. The van der Waals surface area contributed by atoms with Crippen molar-refractivity contribution in [2.24, 2.45) is 5.41 Å². The molecule has 1 unspecified atom stereocenters. The van der Waals surface area contributed by atoms with Gasteiger partial charge in [0.2, 0.25) is 0 Å². The van der Waals surface area contributed by atoms with Gasteiger partial charge in [-0.3, -0.25) is 9.69 Å². The predicted molar refractivity (Wildman–Crippen MR) is 76.2 cm³/mol. The van der Waals surface area contributed by atoms with Crippen LogP contribution in [0.2, 0.25) is 0 Å². The van der Waals surface area contributed by atoms with Gasteiger partial charge in [-0.05, 0) is 35.9 Å². The second-order valence-corrected chi connectivity index (χ2v) is 6.54. The van der Waals surface area contributed by atoms with Gasteiger partial charge in [-0.1, -0.05) is 45.0 Å². The number of hydrogen-bond donors (Lipinski definition) is 1. The van der Waals surface area contributed by atoms with Crippen LogP contribution in [0.15, 0.2) is 24.3 Å². The summed E-state index contributed by atoms with van der Waals surface area (Å²) in [4.78, 5) is 13.7. The van der Waals surface area contributed by atoms with Crippen LogP contribution in [-0.4, -0.2) is 29.1 Å². The van der Waals surface area contributed by atoms with Gasteiger partial charge in [-0.15, -0.1) is 0 Å². The van der Waals surface area contributed by atoms with E-state index in [1.807, 2.05) is 24.3 Å². The Morgan fingerprint density at radius 2 is 2.05 bits per heavy atom. The Bertz CT molecular complexity index is 462. The maximum atomic E-state index is 11.6. The second-order valence-electron chi connectivity index (χ2n) is 6.54. The highest BCUT2D eigenvalue weighted by atomic mass is 16.4. The van der Waals surface area contributed by atoms with Gasteiger partial charge in [0.1, 0.15) is 6.04 Å². The van der Waals surface area contributed by atoms with Crippen LogP contribution in [0.3, 0.4) is 0 Å². The minimum atomic E-state index is -0.735. The number of rotatable bonds is 3. The van der Waals surface area contributed by atoms with E-state index in [1.165, 1.54) is 5.56 Å². The van der Waals surface area contributed by atoms with Crippen molar-refractivity contribution in [3.05, 3.63) is 35.4 Å². The van der Waals surface area contributed by atoms with Crippen LogP contribution in [0.25, 0.3) is 0 Å². The third-order valence-electron chi connectivity index (χ3n) is 3.77. The average Bonchev–Trinajstić information content (AvgIpc) is 2.34. The third-order valence-corrected chi connectivity index (χ3v) is 3.77. The average molecular weight is 261 g/mol. The van der Waals surface area contributed by atoms with E-state index < -0.39 is 12.0 Å². The van der Waals surface area contributed by atoms with E-state index in [4.69, 9.17) is 0 Å². The van der Waals surface area contributed by atoms with Crippen molar-refractivity contribution < 1.29 is 9.90 Å². The minimum Gasteiger partial charge on any atom is -0.480 e. The van der Waals surface area contributed by atoms with Gasteiger partial charge in [-0.2, -0.15) is 0 Å². The first-order valence-corrected chi connectivity index (χ1v) is 6.93. The molecule has 0 radical (unpaired) electrons. The number of carboxylic acids is 1. The molecule has 1 aromatic carbocycles. The van der Waals surface area contributed by atoms with E-state index in [1.54, 1.807) is 0 Å². The first-order chi connectivity index (χ1) is 8.88. The highest BCUT2D eigenvalue weighted by Gasteiger charge is 2.32. The van der Waals surface area contributed by atoms with Crippen LogP contribution in [0.4, 0.5) is 0 Å². The summed E-state index contributed by atoms with van der Waals surface area (Å²) in [5.41, 5.74) is 2.39. The summed E-state index contributed by atoms with van der Waals surface area (Å²) < 4.78 is 0. The molecule has 3 heteroatoms. The van der Waals surface area contributed by atoms with Crippen molar-refractivity contribution in [3.63, 3.8) is 0 Å². The molecular weight excluding hydrogens is 238 g/mol. The minimum absolute atomic E-state index is 0.236. The highest BCUT2D eigenvalue weighted by Crippen LogP contribution is 2.31. The van der Waals surface area contributed by atoms with Crippen LogP contribution in [-0.2, 0) is 11.2 Å². The Labute approximate surface area is 115 Å². The first kappa shape index (κ1) is 14.1. The van der Waals surface area contributed by atoms with Crippen LogP contribution in [0.1, 0.15) is 44.4 Å². The van der Waals surface area contributed by atoms with E-state index >= 15 is 0 Å². The van der Waals surface area contributed by atoms with Crippen molar-refractivity contribution in [1.29, 1.82) is 0 Å². The molecule has 2 rings (SSSR count). The summed E-state index contributed by atoms with van der Waals surface area (Å²) >= 11 is 0. The lowest BCUT2D eigenvalue weighted by Gasteiger charge is -2.36. The lowest BCUT2D eigenvalue weighted by molar-refractivity contribution is -0.144. The Balaban J connectivity index is 2.20. The Kier molecular flexibility index (Phi) is 3.95. The predicted octanol–water partition coefficient (Wildman–Crippen LogP) is 3.11. The molecule has 1 aromatic rings. The van der Waals surface area contributed by atoms with Crippen molar-refractivity contribution in [3.8, 4) is 0 Å². The SMILES string of the molecule is CC(C)(C)CCN1CCc2ccccc2C1C(=O)O. The zero-order valence-electron chi connectivity index (χ0n) is 12.0. The largest absolute Gasteiger partial charge is 0.480 e. The smallest absolute Gasteiger partial charge is 0.325 e. The van der Waals surface area contributed by atoms with Gasteiger partial charge in [-0.25, -0.2) is 0 Å². The Morgan fingerprint density at radius 1 is 1.37 bits per heavy atom. The fraction of sp³-hybridized carbons (Fsp3) is 0.562. The van der Waals surface area contributed by atoms with Crippen LogP contribution >= 0.6 is 0 Å². The maximum Gasteiger partial charge on any atom is 0.325 e. The molecule has 0 aromatic heterocycles. The van der Waals surface area contributed by atoms with Gasteiger partial charge in [0, 0.05) is 6.54 Å². The van der Waals surface area contributed by atoms with E-state index in [-0.39, 0.29) is 5.41 Å². The van der Waals surface area contributed by atoms with Crippen LogP contribution in [0, 0.1) is 5.41 Å². The number of benzene rings is 1. The molecule has 0 amide bonds. The summed E-state index contributed by atoms with van der Waals surface area (Å²) in [7, 11) is 0. The number of carbonyl (C=O) groups is 1. The number of hydrogen-bond acceptors (Lipinski definition) is 2. The maximum absolute atomic E-state index is 11.6. The van der Waals surface area contributed by atoms with E-state index in [0.29, 0.717) is 0 Å². The normalized spacial score (nSPS) is 20.1. The lowest BCUT2D eigenvalue weighted by Crippen LogP contribution is -2.41. The molecule has 0 saturated carbocycles. The molecule has 3 nitrogen and oxygen atoms in total. The zero-order chi connectivity index (χ0) is 14.0. The molecule has 0 saturated heterocycles. The number of fused-ring (bicyclic) bond motifs is 1.